The zero-order chi connectivity index (χ0) is 28.5. The lowest BCUT2D eigenvalue weighted by Crippen LogP contribution is -2.11. The van der Waals surface area contributed by atoms with Crippen LogP contribution in [0.2, 0.25) is 0 Å². The largest absolute Gasteiger partial charge is 0.507 e. The molecule has 206 valence electrons. The third-order valence-electron chi connectivity index (χ3n) is 6.15. The molecule has 0 aliphatic rings. The number of methoxy groups -OCH3 is 3. The van der Waals surface area contributed by atoms with Crippen molar-refractivity contribution in [3.8, 4) is 34.5 Å². The minimum absolute atomic E-state index is 0.0197. The fraction of sp³-hybridized carbons (Fsp3) is 0.188. The Balaban J connectivity index is 1.58. The van der Waals surface area contributed by atoms with E-state index in [-0.39, 0.29) is 40.7 Å². The van der Waals surface area contributed by atoms with E-state index in [1.807, 2.05) is 60.7 Å². The molecule has 0 heterocycles. The van der Waals surface area contributed by atoms with Crippen molar-refractivity contribution in [2.45, 2.75) is 19.6 Å². The van der Waals surface area contributed by atoms with Crippen LogP contribution in [0.3, 0.4) is 0 Å². The maximum atomic E-state index is 13.2. The molecule has 0 aliphatic carbocycles. The summed E-state index contributed by atoms with van der Waals surface area (Å²) < 4.78 is 27.9. The molecule has 4 aromatic carbocycles. The van der Waals surface area contributed by atoms with Crippen LogP contribution in [0.4, 0.5) is 0 Å². The van der Waals surface area contributed by atoms with E-state index in [4.69, 9.17) is 23.7 Å². The van der Waals surface area contributed by atoms with Crippen LogP contribution in [0, 0.1) is 0 Å². The van der Waals surface area contributed by atoms with Gasteiger partial charge in [-0.1, -0.05) is 60.7 Å². The van der Waals surface area contributed by atoms with Crippen molar-refractivity contribution in [3.05, 3.63) is 107 Å². The highest BCUT2D eigenvalue weighted by atomic mass is 16.5. The Kier molecular flexibility index (Phi) is 9.25. The summed E-state index contributed by atoms with van der Waals surface area (Å²) in [7, 11) is 4.11. The summed E-state index contributed by atoms with van der Waals surface area (Å²) in [5.74, 6) is -0.373. The molecular weight excluding hydrogens is 512 g/mol. The van der Waals surface area contributed by atoms with Crippen LogP contribution in [-0.2, 0) is 13.2 Å². The molecule has 0 unspecified atom stereocenters. The molecule has 4 rings (SSSR count). The van der Waals surface area contributed by atoms with Gasteiger partial charge in [0.05, 0.1) is 27.8 Å². The van der Waals surface area contributed by atoms with Crippen LogP contribution in [0.1, 0.15) is 38.3 Å². The molecular formula is C32H30O8. The van der Waals surface area contributed by atoms with Crippen molar-refractivity contribution < 1.29 is 38.4 Å². The Morgan fingerprint density at radius 3 is 1.75 bits per heavy atom. The van der Waals surface area contributed by atoms with Gasteiger partial charge >= 0.3 is 0 Å². The number of aromatic hydroxyl groups is 1. The standard InChI is InChI=1S/C32H30O8/c1-36-29-18-26(35)30(32(38-3)31(29)37-2)25(34)17-24(33)23-14-15-27(39-19-21-10-6-4-7-11-21)28(16-23)40-20-22-12-8-5-9-13-22/h4-16,18,35H,17,19-20H2,1-3H3. The molecule has 8 nitrogen and oxygen atoms in total. The van der Waals surface area contributed by atoms with Crippen LogP contribution in [0.15, 0.2) is 84.9 Å². The number of carbonyl (C=O) groups excluding carboxylic acids is 2. The smallest absolute Gasteiger partial charge is 0.204 e. The first kappa shape index (κ1) is 28.0. The monoisotopic (exact) mass is 542 g/mol. The van der Waals surface area contributed by atoms with Gasteiger partial charge in [0.1, 0.15) is 24.5 Å². The maximum absolute atomic E-state index is 13.2. The number of hydrogen-bond donors (Lipinski definition) is 1. The number of rotatable bonds is 13. The van der Waals surface area contributed by atoms with Crippen molar-refractivity contribution in [2.24, 2.45) is 0 Å². The number of carbonyl (C=O) groups is 2. The highest BCUT2D eigenvalue weighted by Gasteiger charge is 2.27. The normalized spacial score (nSPS) is 10.5. The van der Waals surface area contributed by atoms with Crippen molar-refractivity contribution in [3.63, 3.8) is 0 Å². The third kappa shape index (κ3) is 6.53. The van der Waals surface area contributed by atoms with E-state index in [2.05, 4.69) is 0 Å². The zero-order valence-corrected chi connectivity index (χ0v) is 22.5. The van der Waals surface area contributed by atoms with Crippen LogP contribution >= 0.6 is 0 Å². The molecule has 0 bridgehead atoms. The van der Waals surface area contributed by atoms with Gasteiger partial charge in [-0.2, -0.15) is 0 Å². The van der Waals surface area contributed by atoms with Crippen LogP contribution in [0.25, 0.3) is 0 Å². The topological polar surface area (TPSA) is 101 Å². The van der Waals surface area contributed by atoms with Gasteiger partial charge in [0.25, 0.3) is 0 Å². The SMILES string of the molecule is COc1cc(O)c(C(=O)CC(=O)c2ccc(OCc3ccccc3)c(OCc3ccccc3)c2)c(OC)c1OC. The first-order valence-corrected chi connectivity index (χ1v) is 12.5. The number of hydrogen-bond acceptors (Lipinski definition) is 8. The van der Waals surface area contributed by atoms with E-state index >= 15 is 0 Å². The minimum Gasteiger partial charge on any atom is -0.507 e. The van der Waals surface area contributed by atoms with E-state index in [9.17, 15) is 14.7 Å². The molecule has 1 N–H and O–H groups in total. The van der Waals surface area contributed by atoms with Crippen LogP contribution in [-0.4, -0.2) is 38.0 Å². The summed E-state index contributed by atoms with van der Waals surface area (Å²) >= 11 is 0. The molecule has 0 saturated heterocycles. The number of Topliss-reactive ketones (excluding diaryl/α,β-unsaturated/α-hetero) is 2. The highest BCUT2D eigenvalue weighted by molar-refractivity contribution is 6.16. The Labute approximate surface area is 232 Å². The Morgan fingerprint density at radius 1 is 0.625 bits per heavy atom. The molecule has 0 saturated carbocycles. The average Bonchev–Trinajstić information content (AvgIpc) is 2.99. The van der Waals surface area contributed by atoms with E-state index in [1.165, 1.54) is 27.4 Å². The predicted octanol–water partition coefficient (Wildman–Crippen LogP) is 6.03. The molecule has 8 heteroatoms. The van der Waals surface area contributed by atoms with Gasteiger partial charge in [0.2, 0.25) is 5.75 Å². The average molecular weight is 543 g/mol. The second-order valence-corrected chi connectivity index (χ2v) is 8.77. The maximum Gasteiger partial charge on any atom is 0.204 e. The first-order valence-electron chi connectivity index (χ1n) is 12.5. The highest BCUT2D eigenvalue weighted by Crippen LogP contribution is 2.45. The van der Waals surface area contributed by atoms with Gasteiger partial charge in [0, 0.05) is 11.6 Å². The summed E-state index contributed by atoms with van der Waals surface area (Å²) in [6, 6.07) is 25.3. The van der Waals surface area contributed by atoms with E-state index in [0.29, 0.717) is 18.1 Å². The number of ether oxygens (including phenoxy) is 5. The van der Waals surface area contributed by atoms with Gasteiger partial charge in [-0.3, -0.25) is 9.59 Å². The fourth-order valence-corrected chi connectivity index (χ4v) is 4.13. The second-order valence-electron chi connectivity index (χ2n) is 8.77. The summed E-state index contributed by atoms with van der Waals surface area (Å²) in [6.45, 7) is 0.572. The van der Waals surface area contributed by atoms with E-state index < -0.39 is 18.0 Å². The van der Waals surface area contributed by atoms with Gasteiger partial charge in [-0.25, -0.2) is 0 Å². The summed E-state index contributed by atoms with van der Waals surface area (Å²) in [4.78, 5) is 26.4. The molecule has 0 radical (unpaired) electrons. The lowest BCUT2D eigenvalue weighted by atomic mass is 9.99. The molecule has 0 spiro atoms. The number of phenolic OH excluding ortho intramolecular Hbond substituents is 1. The summed E-state index contributed by atoms with van der Waals surface area (Å²) in [5, 5.41) is 10.5. The first-order chi connectivity index (χ1) is 19.4. The molecule has 0 aromatic heterocycles. The second kappa shape index (κ2) is 13.2. The quantitative estimate of drug-likeness (QED) is 0.161. The van der Waals surface area contributed by atoms with Crippen molar-refractivity contribution in [2.75, 3.05) is 21.3 Å². The molecule has 0 aliphatic heterocycles. The van der Waals surface area contributed by atoms with Crippen molar-refractivity contribution in [1.29, 1.82) is 0 Å². The summed E-state index contributed by atoms with van der Waals surface area (Å²) in [6.07, 6.45) is -0.526. The molecule has 0 fully saturated rings. The lowest BCUT2D eigenvalue weighted by molar-refractivity contribution is 0.0890. The Morgan fingerprint density at radius 2 is 1.20 bits per heavy atom. The lowest BCUT2D eigenvalue weighted by Gasteiger charge is -2.17. The fourth-order valence-electron chi connectivity index (χ4n) is 4.13. The van der Waals surface area contributed by atoms with E-state index in [1.54, 1.807) is 18.2 Å². The van der Waals surface area contributed by atoms with Gasteiger partial charge in [-0.05, 0) is 29.3 Å². The van der Waals surface area contributed by atoms with Gasteiger partial charge in [-0.15, -0.1) is 0 Å². The molecule has 40 heavy (non-hydrogen) atoms. The number of benzene rings is 4. The van der Waals surface area contributed by atoms with Crippen LogP contribution < -0.4 is 23.7 Å². The minimum atomic E-state index is -0.642. The number of ketones is 2. The Hall–Kier alpha value is -4.98. The van der Waals surface area contributed by atoms with E-state index in [0.717, 1.165) is 11.1 Å². The summed E-state index contributed by atoms with van der Waals surface area (Å²) in [5.41, 5.74) is 2.00. The van der Waals surface area contributed by atoms with Crippen molar-refractivity contribution >= 4 is 11.6 Å². The van der Waals surface area contributed by atoms with Gasteiger partial charge < -0.3 is 28.8 Å². The van der Waals surface area contributed by atoms with Gasteiger partial charge in [0.15, 0.2) is 34.6 Å². The van der Waals surface area contributed by atoms with Crippen LogP contribution in [0.5, 0.6) is 34.5 Å². The third-order valence-corrected chi connectivity index (χ3v) is 6.15. The molecule has 0 atom stereocenters. The molecule has 4 aromatic rings. The Bertz CT molecular complexity index is 1470. The predicted molar refractivity (Wildman–Crippen MR) is 149 cm³/mol. The zero-order valence-electron chi connectivity index (χ0n) is 22.5. The number of phenols is 1. The van der Waals surface area contributed by atoms with Crippen molar-refractivity contribution in [1.82, 2.24) is 0 Å². The molecule has 0 amide bonds.